The molecule has 14 heavy (non-hydrogen) atoms. The number of hydrogen-bond acceptors (Lipinski definition) is 4. The minimum atomic E-state index is 1.14. The maximum Gasteiger partial charge on any atom is 0.00997 e. The first-order chi connectivity index (χ1) is 7.00. The monoisotopic (exact) mass is 200 g/mol. The second-order valence-corrected chi connectivity index (χ2v) is 3.83. The van der Waals surface area contributed by atoms with E-state index in [2.05, 4.69) is 21.7 Å². The Bertz CT molecular complexity index is 65.4. The summed E-state index contributed by atoms with van der Waals surface area (Å²) in [5, 5.41) is 0. The maximum atomic E-state index is 3.10. The van der Waals surface area contributed by atoms with E-state index >= 15 is 0 Å². The topological polar surface area (TPSA) is 48.1 Å². The summed E-state index contributed by atoms with van der Waals surface area (Å²) in [4.78, 5) is 0. The van der Waals surface area contributed by atoms with Crippen LogP contribution < -0.4 is 21.7 Å². The zero-order valence-electron chi connectivity index (χ0n) is 9.07. The highest BCUT2D eigenvalue weighted by atomic mass is 15.3. The van der Waals surface area contributed by atoms with Crippen molar-refractivity contribution in [1.29, 1.82) is 0 Å². The van der Waals surface area contributed by atoms with Gasteiger partial charge >= 0.3 is 0 Å². The molecule has 2 aliphatic rings. The first-order valence-corrected chi connectivity index (χ1v) is 5.91. The van der Waals surface area contributed by atoms with Gasteiger partial charge in [0, 0.05) is 26.2 Å². The van der Waals surface area contributed by atoms with Crippen LogP contribution in [0.5, 0.6) is 0 Å². The molecule has 0 radical (unpaired) electrons. The van der Waals surface area contributed by atoms with Crippen molar-refractivity contribution in [2.75, 3.05) is 26.2 Å². The fourth-order valence-electron chi connectivity index (χ4n) is 1.56. The number of hydrazine groups is 2. The molecule has 2 rings (SSSR count). The summed E-state index contributed by atoms with van der Waals surface area (Å²) in [7, 11) is 0. The molecule has 0 aromatic rings. The highest BCUT2D eigenvalue weighted by Crippen LogP contribution is 1.94. The Morgan fingerprint density at radius 2 is 0.643 bits per heavy atom. The lowest BCUT2D eigenvalue weighted by Crippen LogP contribution is -2.30. The Hall–Kier alpha value is -0.160. The molecular formula is C10H24N4. The van der Waals surface area contributed by atoms with Crippen LogP contribution in [0.15, 0.2) is 0 Å². The van der Waals surface area contributed by atoms with Gasteiger partial charge < -0.3 is 0 Å². The van der Waals surface area contributed by atoms with E-state index < -0.39 is 0 Å². The molecule has 2 aliphatic heterocycles. The third-order valence-electron chi connectivity index (χ3n) is 2.46. The van der Waals surface area contributed by atoms with E-state index in [4.69, 9.17) is 0 Å². The first-order valence-electron chi connectivity index (χ1n) is 5.91. The van der Waals surface area contributed by atoms with Crippen LogP contribution in [0.3, 0.4) is 0 Å². The largest absolute Gasteiger partial charge is 0.258 e. The normalized spacial score (nSPS) is 24.0. The van der Waals surface area contributed by atoms with E-state index in [1.54, 1.807) is 0 Å². The summed E-state index contributed by atoms with van der Waals surface area (Å²) in [5.74, 6) is 0. The van der Waals surface area contributed by atoms with E-state index in [-0.39, 0.29) is 0 Å². The Morgan fingerprint density at radius 1 is 0.357 bits per heavy atom. The van der Waals surface area contributed by atoms with E-state index in [1.807, 2.05) is 0 Å². The van der Waals surface area contributed by atoms with Crippen LogP contribution in [-0.4, -0.2) is 26.2 Å². The smallest absolute Gasteiger partial charge is 0.00997 e. The Labute approximate surface area is 87.2 Å². The van der Waals surface area contributed by atoms with Crippen molar-refractivity contribution in [3.05, 3.63) is 0 Å². The Balaban J connectivity index is 0.000000140. The van der Waals surface area contributed by atoms with Gasteiger partial charge in [-0.2, -0.15) is 0 Å². The lowest BCUT2D eigenvalue weighted by molar-refractivity contribution is 0.573. The standard InChI is InChI=1S/2C5H12N2/c2*1-2-4-6-7-5-3-1/h2*6-7H,1-5H2. The molecule has 84 valence electrons. The van der Waals surface area contributed by atoms with E-state index in [1.165, 1.54) is 38.5 Å². The van der Waals surface area contributed by atoms with Gasteiger partial charge in [-0.3, -0.25) is 21.7 Å². The quantitative estimate of drug-likeness (QED) is 0.461. The molecule has 2 heterocycles. The van der Waals surface area contributed by atoms with Crippen LogP contribution in [0.1, 0.15) is 38.5 Å². The SMILES string of the molecule is C1CCNNCC1.C1CCNNCC1. The number of nitrogens with one attached hydrogen (secondary N) is 4. The number of hydrogen-bond donors (Lipinski definition) is 4. The zero-order chi connectivity index (χ0) is 9.90. The summed E-state index contributed by atoms with van der Waals surface area (Å²) >= 11 is 0. The highest BCUT2D eigenvalue weighted by Gasteiger charge is 1.93. The van der Waals surface area contributed by atoms with Gasteiger partial charge in [0.05, 0.1) is 0 Å². The molecule has 0 unspecified atom stereocenters. The first kappa shape index (κ1) is 11.9. The van der Waals surface area contributed by atoms with Crippen LogP contribution in [0.4, 0.5) is 0 Å². The molecule has 0 saturated carbocycles. The summed E-state index contributed by atoms with van der Waals surface area (Å²) in [6, 6.07) is 0. The van der Waals surface area contributed by atoms with Gasteiger partial charge in [-0.15, -0.1) is 0 Å². The van der Waals surface area contributed by atoms with Crippen LogP contribution in [0.2, 0.25) is 0 Å². The predicted molar refractivity (Wildman–Crippen MR) is 59.7 cm³/mol. The third-order valence-corrected chi connectivity index (χ3v) is 2.46. The van der Waals surface area contributed by atoms with Crippen molar-refractivity contribution in [2.45, 2.75) is 38.5 Å². The molecule has 0 bridgehead atoms. The van der Waals surface area contributed by atoms with Crippen LogP contribution in [0.25, 0.3) is 0 Å². The molecule has 0 amide bonds. The summed E-state index contributed by atoms with van der Waals surface area (Å²) < 4.78 is 0. The average molecular weight is 200 g/mol. The van der Waals surface area contributed by atoms with Crippen molar-refractivity contribution in [3.8, 4) is 0 Å². The minimum Gasteiger partial charge on any atom is -0.258 e. The molecule has 4 heteroatoms. The van der Waals surface area contributed by atoms with Gasteiger partial charge in [-0.1, -0.05) is 12.8 Å². The van der Waals surface area contributed by atoms with Gasteiger partial charge in [0.15, 0.2) is 0 Å². The molecule has 2 fully saturated rings. The van der Waals surface area contributed by atoms with Crippen molar-refractivity contribution in [3.63, 3.8) is 0 Å². The van der Waals surface area contributed by atoms with E-state index in [0.717, 1.165) is 26.2 Å². The Kier molecular flexibility index (Phi) is 8.00. The maximum absolute atomic E-state index is 3.10. The van der Waals surface area contributed by atoms with E-state index in [9.17, 15) is 0 Å². The van der Waals surface area contributed by atoms with Crippen LogP contribution >= 0.6 is 0 Å². The number of rotatable bonds is 0. The van der Waals surface area contributed by atoms with Gasteiger partial charge in [0.2, 0.25) is 0 Å². The molecule has 4 N–H and O–H groups in total. The molecule has 0 aromatic heterocycles. The summed E-state index contributed by atoms with van der Waals surface area (Å²) in [5.41, 5.74) is 12.4. The van der Waals surface area contributed by atoms with Gasteiger partial charge in [-0.25, -0.2) is 0 Å². The van der Waals surface area contributed by atoms with Crippen molar-refractivity contribution in [1.82, 2.24) is 21.7 Å². The van der Waals surface area contributed by atoms with Gasteiger partial charge in [0.1, 0.15) is 0 Å². The molecule has 0 spiro atoms. The lowest BCUT2D eigenvalue weighted by Gasteiger charge is -1.95. The molecular weight excluding hydrogens is 176 g/mol. The van der Waals surface area contributed by atoms with Crippen LogP contribution in [0, 0.1) is 0 Å². The molecule has 0 atom stereocenters. The highest BCUT2D eigenvalue weighted by molar-refractivity contribution is 4.51. The van der Waals surface area contributed by atoms with Crippen molar-refractivity contribution < 1.29 is 0 Å². The fourth-order valence-corrected chi connectivity index (χ4v) is 1.56. The summed E-state index contributed by atoms with van der Waals surface area (Å²) in [6.45, 7) is 4.56. The molecule has 0 aromatic carbocycles. The average Bonchev–Trinajstić information content (AvgIpc) is 2.68. The molecule has 0 aliphatic carbocycles. The molecule has 2 saturated heterocycles. The third kappa shape index (κ3) is 7.26. The second-order valence-electron chi connectivity index (χ2n) is 3.83. The minimum absolute atomic E-state index is 1.14. The molecule has 4 nitrogen and oxygen atoms in total. The predicted octanol–water partition coefficient (Wildman–Crippen LogP) is 0.529. The van der Waals surface area contributed by atoms with Gasteiger partial charge in [-0.05, 0) is 25.7 Å². The lowest BCUT2D eigenvalue weighted by atomic mass is 10.2. The van der Waals surface area contributed by atoms with Crippen molar-refractivity contribution in [2.24, 2.45) is 0 Å². The zero-order valence-corrected chi connectivity index (χ0v) is 9.07. The second kappa shape index (κ2) is 9.40. The Morgan fingerprint density at radius 3 is 0.929 bits per heavy atom. The fraction of sp³-hybridized carbons (Fsp3) is 1.00. The van der Waals surface area contributed by atoms with Crippen molar-refractivity contribution >= 4 is 0 Å². The van der Waals surface area contributed by atoms with Crippen LogP contribution in [-0.2, 0) is 0 Å². The van der Waals surface area contributed by atoms with E-state index in [0.29, 0.717) is 0 Å². The van der Waals surface area contributed by atoms with Gasteiger partial charge in [0.25, 0.3) is 0 Å². The summed E-state index contributed by atoms with van der Waals surface area (Å²) in [6.07, 6.45) is 8.06.